The molecule has 1 heterocycles. The minimum absolute atomic E-state index is 0.00696. The van der Waals surface area contributed by atoms with E-state index in [1.54, 1.807) is 6.08 Å². The van der Waals surface area contributed by atoms with Crippen molar-refractivity contribution in [1.82, 2.24) is 9.97 Å². The Morgan fingerprint density at radius 2 is 1.83 bits per heavy atom. The first-order chi connectivity index (χ1) is 13.8. The number of ether oxygens (including phenoxy) is 1. The van der Waals surface area contributed by atoms with Gasteiger partial charge >= 0.3 is 11.2 Å². The molecule has 0 spiro atoms. The van der Waals surface area contributed by atoms with E-state index in [0.717, 1.165) is 24.0 Å². The highest BCUT2D eigenvalue weighted by Crippen LogP contribution is 2.30. The highest BCUT2D eigenvalue weighted by atomic mass is 127. The summed E-state index contributed by atoms with van der Waals surface area (Å²) in [5.74, 6) is -0.147. The minimum atomic E-state index is -1.02. The number of nitro groups is 1. The Bertz CT molecular complexity index is 1120. The molecule has 3 rings (SSSR count). The minimum Gasteiger partial charge on any atom is -0.488 e. The van der Waals surface area contributed by atoms with Crippen LogP contribution in [0.3, 0.4) is 0 Å². The Kier molecular flexibility index (Phi) is 6.84. The number of hydrogen-bond acceptors (Lipinski definition) is 6. The summed E-state index contributed by atoms with van der Waals surface area (Å²) >= 11 is 4.36. The number of aromatic hydroxyl groups is 1. The van der Waals surface area contributed by atoms with Crippen LogP contribution in [0.4, 0.5) is 5.69 Å². The lowest BCUT2D eigenvalue weighted by atomic mass is 10.2. The molecule has 0 aliphatic carbocycles. The van der Waals surface area contributed by atoms with E-state index in [0.29, 0.717) is 6.61 Å². The maximum absolute atomic E-state index is 11.7. The van der Waals surface area contributed by atoms with Crippen LogP contribution < -0.4 is 10.3 Å². The lowest BCUT2D eigenvalue weighted by molar-refractivity contribution is -0.387. The summed E-state index contributed by atoms with van der Waals surface area (Å²) in [5, 5.41) is 20.3. The van der Waals surface area contributed by atoms with Gasteiger partial charge in [0.05, 0.1) is 12.1 Å². The van der Waals surface area contributed by atoms with Crippen LogP contribution in [0, 0.1) is 17.3 Å². The van der Waals surface area contributed by atoms with E-state index in [9.17, 15) is 20.0 Å². The molecule has 0 saturated carbocycles. The summed E-state index contributed by atoms with van der Waals surface area (Å²) in [6.07, 6.45) is 3.13. The van der Waals surface area contributed by atoms with Crippen LogP contribution in [0.2, 0.25) is 0 Å². The molecule has 0 aliphatic heterocycles. The van der Waals surface area contributed by atoms with Gasteiger partial charge in [0, 0.05) is 0 Å². The van der Waals surface area contributed by atoms with Crippen molar-refractivity contribution < 1.29 is 14.8 Å². The highest BCUT2D eigenvalue weighted by Gasteiger charge is 2.21. The molecule has 10 heteroatoms. The van der Waals surface area contributed by atoms with Crippen molar-refractivity contribution in [1.29, 1.82) is 0 Å². The Morgan fingerprint density at radius 3 is 2.41 bits per heavy atom. The third-order valence-corrected chi connectivity index (χ3v) is 5.36. The zero-order valence-electron chi connectivity index (χ0n) is 14.6. The van der Waals surface area contributed by atoms with E-state index < -0.39 is 22.0 Å². The van der Waals surface area contributed by atoms with Crippen LogP contribution in [0.5, 0.6) is 11.6 Å². The molecule has 0 aliphatic rings. The maximum Gasteiger partial charge on any atom is 0.395 e. The largest absolute Gasteiger partial charge is 0.488 e. The predicted molar refractivity (Wildman–Crippen MR) is 125 cm³/mol. The summed E-state index contributed by atoms with van der Waals surface area (Å²) in [7, 11) is 0. The molecule has 0 unspecified atom stereocenters. The van der Waals surface area contributed by atoms with Crippen LogP contribution in [0.25, 0.3) is 12.2 Å². The van der Waals surface area contributed by atoms with Gasteiger partial charge in [-0.2, -0.15) is 4.98 Å². The molecule has 0 atom stereocenters. The van der Waals surface area contributed by atoms with Crippen molar-refractivity contribution in [2.24, 2.45) is 0 Å². The maximum atomic E-state index is 11.7. The third-order valence-electron chi connectivity index (χ3n) is 3.76. The Labute approximate surface area is 192 Å². The molecule has 0 amide bonds. The molecule has 148 valence electrons. The molecular formula is C19H13I2N3O5. The van der Waals surface area contributed by atoms with Crippen molar-refractivity contribution in [2.75, 3.05) is 0 Å². The normalized spacial score (nSPS) is 11.0. The second kappa shape index (κ2) is 9.35. The van der Waals surface area contributed by atoms with Crippen LogP contribution in [0.15, 0.2) is 47.3 Å². The predicted octanol–water partition coefficient (Wildman–Crippen LogP) is 4.34. The molecule has 0 fully saturated rings. The molecule has 2 N–H and O–H groups in total. The van der Waals surface area contributed by atoms with Gasteiger partial charge in [0.15, 0.2) is 0 Å². The molecule has 0 saturated heterocycles. The fraction of sp³-hybridized carbons (Fsp3) is 0.0526. The third kappa shape index (κ3) is 5.32. The van der Waals surface area contributed by atoms with E-state index in [2.05, 4.69) is 55.1 Å². The average molecular weight is 617 g/mol. The van der Waals surface area contributed by atoms with Gasteiger partial charge in [-0.25, -0.2) is 0 Å². The van der Waals surface area contributed by atoms with Crippen LogP contribution in [0.1, 0.15) is 17.0 Å². The molecular weight excluding hydrogens is 604 g/mol. The number of rotatable bonds is 6. The van der Waals surface area contributed by atoms with E-state index in [1.165, 1.54) is 6.08 Å². The second-order valence-corrected chi connectivity index (χ2v) is 8.13. The summed E-state index contributed by atoms with van der Waals surface area (Å²) in [4.78, 5) is 27.4. The molecule has 0 radical (unpaired) electrons. The summed E-state index contributed by atoms with van der Waals surface area (Å²) in [6.45, 7) is 0.454. The van der Waals surface area contributed by atoms with Crippen molar-refractivity contribution in [2.45, 2.75) is 6.61 Å². The monoisotopic (exact) mass is 617 g/mol. The first kappa shape index (κ1) is 21.2. The lowest BCUT2D eigenvalue weighted by Gasteiger charge is -2.11. The average Bonchev–Trinajstić information content (AvgIpc) is 2.65. The number of hydrogen-bond donors (Lipinski definition) is 2. The molecule has 29 heavy (non-hydrogen) atoms. The summed E-state index contributed by atoms with van der Waals surface area (Å²) < 4.78 is 7.74. The molecule has 2 aromatic carbocycles. The van der Waals surface area contributed by atoms with E-state index in [4.69, 9.17) is 4.74 Å². The van der Waals surface area contributed by atoms with E-state index in [1.807, 2.05) is 42.5 Å². The van der Waals surface area contributed by atoms with Gasteiger partial charge in [-0.3, -0.25) is 14.9 Å². The second-order valence-electron chi connectivity index (χ2n) is 5.80. The fourth-order valence-corrected chi connectivity index (χ4v) is 4.56. The van der Waals surface area contributed by atoms with Gasteiger partial charge in [0.25, 0.3) is 5.88 Å². The first-order valence-corrected chi connectivity index (χ1v) is 10.3. The van der Waals surface area contributed by atoms with Gasteiger partial charge in [-0.1, -0.05) is 36.4 Å². The number of nitrogens with one attached hydrogen (secondary N) is 1. The van der Waals surface area contributed by atoms with Gasteiger partial charge in [-0.15, -0.1) is 0 Å². The number of aromatic nitrogens is 2. The van der Waals surface area contributed by atoms with Crippen LogP contribution >= 0.6 is 45.2 Å². The number of benzene rings is 2. The number of nitrogens with zero attached hydrogens (tertiary/aromatic N) is 2. The molecule has 1 aromatic heterocycles. The molecule has 0 bridgehead atoms. The standard InChI is InChI=1S/C19H13I2N3O5/c20-13-8-12(6-7-15-22-18(25)16(24(27)28)19(26)23-15)9-14(21)17(13)29-10-11-4-2-1-3-5-11/h1-9H,10H2,(H2,22,23,25,26)/b7-6-. The van der Waals surface area contributed by atoms with Gasteiger partial charge < -0.3 is 14.8 Å². The Morgan fingerprint density at radius 1 is 1.17 bits per heavy atom. The zero-order chi connectivity index (χ0) is 21.0. The first-order valence-electron chi connectivity index (χ1n) is 8.16. The molecule has 8 nitrogen and oxygen atoms in total. The summed E-state index contributed by atoms with van der Waals surface area (Å²) in [6, 6.07) is 13.6. The number of aromatic amines is 1. The van der Waals surface area contributed by atoms with Crippen LogP contribution in [-0.2, 0) is 6.61 Å². The smallest absolute Gasteiger partial charge is 0.395 e. The lowest BCUT2D eigenvalue weighted by Crippen LogP contribution is -2.14. The van der Waals surface area contributed by atoms with Gasteiger partial charge in [0.1, 0.15) is 18.2 Å². The fourth-order valence-electron chi connectivity index (χ4n) is 2.43. The summed E-state index contributed by atoms with van der Waals surface area (Å²) in [5.41, 5.74) is -0.121. The highest BCUT2D eigenvalue weighted by molar-refractivity contribution is 14.1. The number of H-pyrrole nitrogens is 1. The van der Waals surface area contributed by atoms with Crippen molar-refractivity contribution in [3.63, 3.8) is 0 Å². The van der Waals surface area contributed by atoms with E-state index in [-0.39, 0.29) is 5.82 Å². The van der Waals surface area contributed by atoms with Gasteiger partial charge in [0.2, 0.25) is 0 Å². The Balaban J connectivity index is 1.80. The van der Waals surface area contributed by atoms with Gasteiger partial charge in [-0.05, 0) is 74.5 Å². The Hall–Kier alpha value is -2.48. The van der Waals surface area contributed by atoms with Crippen molar-refractivity contribution in [3.05, 3.63) is 87.0 Å². The van der Waals surface area contributed by atoms with Crippen LogP contribution in [-0.4, -0.2) is 20.0 Å². The SMILES string of the molecule is O=c1[nH]c(/C=C\c2cc(I)c(OCc3ccccc3)c(I)c2)nc(O)c1[N+](=O)[O-]. The molecule has 3 aromatic rings. The zero-order valence-corrected chi connectivity index (χ0v) is 18.9. The quantitative estimate of drug-likeness (QED) is 0.242. The number of halogens is 2. The van der Waals surface area contributed by atoms with Crippen molar-refractivity contribution in [3.8, 4) is 11.6 Å². The van der Waals surface area contributed by atoms with E-state index >= 15 is 0 Å². The topological polar surface area (TPSA) is 118 Å². The van der Waals surface area contributed by atoms with Crippen molar-refractivity contribution >= 4 is 63.0 Å².